The molecule has 3 heterocycles. The fraction of sp³-hybridized carbons (Fsp3) is 0.659. The molecule has 306 valence electrons. The zero-order chi connectivity index (χ0) is 40.8. The second-order valence-electron chi connectivity index (χ2n) is 17.5. The van der Waals surface area contributed by atoms with Crippen molar-refractivity contribution in [2.24, 2.45) is 29.1 Å². The number of esters is 1. The van der Waals surface area contributed by atoms with Gasteiger partial charge in [0.05, 0.1) is 48.5 Å². The SMILES string of the molecule is COc1ccc2nc(C)c(O[C@@H]3C[C@H]4C(=O)C[C@]5(C(=O)NS(=O)(=O)C6(CF)CC6)C[C@H]5/C=C\CC[C@@H](C)C[C@@H](C)[C@H](CC(=O)OC(C)(C)C)C(=O)N4C3)nc2c1. The molecular weight excluding hydrogens is 744 g/mol. The third kappa shape index (κ3) is 8.72. The molecule has 0 spiro atoms. The summed E-state index contributed by atoms with van der Waals surface area (Å²) in [5.41, 5.74) is -0.507. The van der Waals surface area contributed by atoms with Crippen LogP contribution in [-0.2, 0) is 33.9 Å². The van der Waals surface area contributed by atoms with Gasteiger partial charge in [0.25, 0.3) is 0 Å². The molecule has 13 nitrogen and oxygen atoms in total. The first-order valence-electron chi connectivity index (χ1n) is 19.6. The standard InChI is InChI=1S/C41H55FN4O9S/c1-24-10-8-9-11-27-20-41(27,38(50)45-56(51,52)40(23-42)14-15-40)21-34(47)33-18-29(54-36-26(3)43-31-13-12-28(53-7)17-32(31)44-36)22-46(33)37(49)30(25(2)16-24)19-35(48)55-39(4,5)6/h9,11-13,17,24-25,27,29-30,33H,8,10,14-16,18-23H2,1-7H3,(H,45,50)/b11-9-/t24-,25-,27-,29-,30+,33+,41-/m1/s1. The number of ketones is 1. The maximum atomic E-state index is 14.8. The molecule has 0 bridgehead atoms. The monoisotopic (exact) mass is 798 g/mol. The Bertz CT molecular complexity index is 2010. The number of sulfonamides is 1. The highest BCUT2D eigenvalue weighted by atomic mass is 32.2. The lowest BCUT2D eigenvalue weighted by molar-refractivity contribution is -0.160. The maximum absolute atomic E-state index is 14.8. The van der Waals surface area contributed by atoms with E-state index in [0.717, 1.165) is 6.42 Å². The van der Waals surface area contributed by atoms with Crippen molar-refractivity contribution in [3.8, 4) is 11.6 Å². The molecule has 56 heavy (non-hydrogen) atoms. The van der Waals surface area contributed by atoms with E-state index in [4.69, 9.17) is 19.2 Å². The molecule has 2 aromatic rings. The fourth-order valence-corrected chi connectivity index (χ4v) is 9.75. The number of hydrogen-bond acceptors (Lipinski definition) is 11. The number of ether oxygens (including phenoxy) is 3. The number of halogens is 1. The Morgan fingerprint density at radius 2 is 1.82 bits per heavy atom. The van der Waals surface area contributed by atoms with E-state index in [-0.39, 0.29) is 62.8 Å². The van der Waals surface area contributed by atoms with Crippen molar-refractivity contribution in [1.82, 2.24) is 19.6 Å². The highest BCUT2D eigenvalue weighted by Crippen LogP contribution is 2.58. The number of amides is 2. The van der Waals surface area contributed by atoms with Gasteiger partial charge in [-0.2, -0.15) is 0 Å². The average molecular weight is 799 g/mol. The number of nitrogens with one attached hydrogen (secondary N) is 1. The first kappa shape index (κ1) is 41.5. The predicted molar refractivity (Wildman–Crippen MR) is 206 cm³/mol. The van der Waals surface area contributed by atoms with Gasteiger partial charge in [0.15, 0.2) is 5.78 Å². The van der Waals surface area contributed by atoms with Crippen LogP contribution in [0.15, 0.2) is 30.4 Å². The number of methoxy groups -OCH3 is 1. The molecule has 2 saturated carbocycles. The van der Waals surface area contributed by atoms with Gasteiger partial charge < -0.3 is 19.1 Å². The molecule has 1 aromatic heterocycles. The average Bonchev–Trinajstić information content (AvgIpc) is 4.02. The van der Waals surface area contributed by atoms with Crippen LogP contribution in [0.1, 0.15) is 98.1 Å². The normalized spacial score (nSPS) is 30.0. The van der Waals surface area contributed by atoms with Crippen LogP contribution in [0.4, 0.5) is 4.39 Å². The third-order valence-electron chi connectivity index (χ3n) is 11.9. The second kappa shape index (κ2) is 15.7. The van der Waals surface area contributed by atoms with Crippen LogP contribution in [0.5, 0.6) is 11.6 Å². The molecular formula is C41H55FN4O9S. The van der Waals surface area contributed by atoms with Gasteiger partial charge in [-0.3, -0.25) is 23.9 Å². The Kier molecular flexibility index (Phi) is 11.6. The molecule has 1 aromatic carbocycles. The summed E-state index contributed by atoms with van der Waals surface area (Å²) in [5.74, 6) is -2.71. The number of aromatic nitrogens is 2. The van der Waals surface area contributed by atoms with E-state index in [2.05, 4.69) is 16.6 Å². The van der Waals surface area contributed by atoms with E-state index >= 15 is 0 Å². The number of hydrogen-bond donors (Lipinski definition) is 1. The Morgan fingerprint density at radius 3 is 2.48 bits per heavy atom. The molecule has 1 N–H and O–H groups in total. The minimum absolute atomic E-state index is 0.00444. The van der Waals surface area contributed by atoms with E-state index in [1.165, 1.54) is 4.90 Å². The van der Waals surface area contributed by atoms with Gasteiger partial charge in [0.1, 0.15) is 34.6 Å². The number of Topliss-reactive ketones (excluding diaryl/α,β-unsaturated/α-hetero) is 1. The molecule has 7 atom stereocenters. The fourth-order valence-electron chi connectivity index (χ4n) is 8.30. The van der Waals surface area contributed by atoms with Gasteiger partial charge in [-0.25, -0.2) is 22.8 Å². The van der Waals surface area contributed by atoms with E-state index in [0.29, 0.717) is 35.3 Å². The second-order valence-corrected chi connectivity index (χ2v) is 19.6. The van der Waals surface area contributed by atoms with Crippen molar-refractivity contribution in [1.29, 1.82) is 0 Å². The Morgan fingerprint density at radius 1 is 1.09 bits per heavy atom. The lowest BCUT2D eigenvalue weighted by Crippen LogP contribution is -2.48. The molecule has 4 aliphatic rings. The van der Waals surface area contributed by atoms with Crippen LogP contribution >= 0.6 is 0 Å². The van der Waals surface area contributed by atoms with Gasteiger partial charge in [0, 0.05) is 18.9 Å². The summed E-state index contributed by atoms with van der Waals surface area (Å²) >= 11 is 0. The van der Waals surface area contributed by atoms with Crippen molar-refractivity contribution in [3.05, 3.63) is 36.0 Å². The summed E-state index contributed by atoms with van der Waals surface area (Å²) in [4.78, 5) is 67.5. The van der Waals surface area contributed by atoms with Crippen LogP contribution in [0.2, 0.25) is 0 Å². The van der Waals surface area contributed by atoms with Crippen molar-refractivity contribution in [3.63, 3.8) is 0 Å². The zero-order valence-corrected chi connectivity index (χ0v) is 34.2. The smallest absolute Gasteiger partial charge is 0.307 e. The van der Waals surface area contributed by atoms with Gasteiger partial charge >= 0.3 is 5.97 Å². The van der Waals surface area contributed by atoms with Crippen LogP contribution < -0.4 is 14.2 Å². The number of benzene rings is 1. The van der Waals surface area contributed by atoms with Gasteiger partial charge in [-0.15, -0.1) is 0 Å². The van der Waals surface area contributed by atoms with E-state index in [1.54, 1.807) is 53.0 Å². The Balaban J connectivity index is 1.35. The molecule has 6 rings (SSSR count). The van der Waals surface area contributed by atoms with Crippen LogP contribution in [-0.4, -0.2) is 89.7 Å². The molecule has 15 heteroatoms. The quantitative estimate of drug-likeness (QED) is 0.249. The maximum Gasteiger partial charge on any atom is 0.307 e. The van der Waals surface area contributed by atoms with Crippen LogP contribution in [0.3, 0.4) is 0 Å². The topological polar surface area (TPSA) is 171 Å². The summed E-state index contributed by atoms with van der Waals surface area (Å²) in [7, 11) is -2.79. The number of carbonyl (C=O) groups is 4. The van der Waals surface area contributed by atoms with E-state index < -0.39 is 80.0 Å². The van der Waals surface area contributed by atoms with Gasteiger partial charge in [0.2, 0.25) is 27.7 Å². The van der Waals surface area contributed by atoms with Crippen LogP contribution in [0, 0.1) is 36.0 Å². The summed E-state index contributed by atoms with van der Waals surface area (Å²) in [6, 6.07) is 4.24. The Hall–Kier alpha value is -4.14. The molecule has 3 fully saturated rings. The number of rotatable bonds is 9. The number of allylic oxidation sites excluding steroid dienone is 2. The minimum atomic E-state index is -4.34. The molecule has 2 aliphatic heterocycles. The lowest BCUT2D eigenvalue weighted by Gasteiger charge is -2.32. The van der Waals surface area contributed by atoms with Crippen molar-refractivity contribution in [2.75, 3.05) is 20.3 Å². The third-order valence-corrected chi connectivity index (χ3v) is 14.0. The minimum Gasteiger partial charge on any atom is -0.497 e. The highest BCUT2D eigenvalue weighted by Gasteiger charge is 2.63. The van der Waals surface area contributed by atoms with Crippen molar-refractivity contribution < 1.29 is 46.2 Å². The van der Waals surface area contributed by atoms with Crippen molar-refractivity contribution in [2.45, 2.75) is 122 Å². The summed E-state index contributed by atoms with van der Waals surface area (Å²) < 4.78 is 58.3. The molecule has 2 aliphatic carbocycles. The molecule has 0 radical (unpaired) electrons. The lowest BCUT2D eigenvalue weighted by atomic mass is 9.82. The summed E-state index contributed by atoms with van der Waals surface area (Å²) in [6.45, 7) is 9.95. The number of nitrogens with zero attached hydrogens (tertiary/aromatic N) is 3. The zero-order valence-electron chi connectivity index (χ0n) is 33.4. The van der Waals surface area contributed by atoms with Crippen LogP contribution in [0.25, 0.3) is 11.0 Å². The molecule has 0 unspecified atom stereocenters. The van der Waals surface area contributed by atoms with Gasteiger partial charge in [-0.1, -0.05) is 26.0 Å². The summed E-state index contributed by atoms with van der Waals surface area (Å²) in [5, 5.41) is 0. The van der Waals surface area contributed by atoms with E-state index in [9.17, 15) is 32.0 Å². The molecule has 2 amide bonds. The van der Waals surface area contributed by atoms with Gasteiger partial charge in [-0.05, 0) is 96.1 Å². The predicted octanol–water partition coefficient (Wildman–Crippen LogP) is 5.57. The highest BCUT2D eigenvalue weighted by molar-refractivity contribution is 7.91. The number of carbonyl (C=O) groups excluding carboxylic acids is 4. The first-order chi connectivity index (χ1) is 26.3. The largest absolute Gasteiger partial charge is 0.497 e. The number of fused-ring (bicyclic) bond motifs is 3. The number of alkyl halides is 1. The van der Waals surface area contributed by atoms with Crippen molar-refractivity contribution >= 4 is 44.6 Å². The number of aryl methyl sites for hydroxylation is 1. The molecule has 1 saturated heterocycles. The first-order valence-corrected chi connectivity index (χ1v) is 21.1. The summed E-state index contributed by atoms with van der Waals surface area (Å²) in [6.07, 6.45) is 5.18. The Labute approximate surface area is 328 Å². The van der Waals surface area contributed by atoms with E-state index in [1.807, 2.05) is 19.1 Å².